The standard InChI is InChI=1S/C27H33NO4.C21H32N4.C17H20N2O.C11H19NO/c1-28-7-6-27-5-4-20(29)13-23(27)32-25-22(3-2-16(14-28)24(25)27)31-26(30)21-12-18-9-15-8-17(18)11-19(21)10-15;1-6-12-18-15-19(22-16-21(4,5)25(7-2)8-3)23-24-20(18)17-13-10-9-11-14-17;1-14-4-2-5-15(10-14)6-3-9-20-18-11-17-13-19-8-7-16(17)12-19;1-9-8-11(13-10(9)2)4-6-12(3)7-5-11/h2-5,15,17-21,23,29H,6-14H2,1H3;9-11,13-15H,6-8,12,16H2,1-5H3,(H,22,23);2,4-5,10-11,16-17H,7-9,12-13H2,1H3;10H,1,4-8H2,2-3H3/b;;18-11+;/t15?,17?,18?,19?,20-,21?,23-,27-;;16-,17?;/m0.1./s1. The highest BCUT2D eigenvalue weighted by Crippen LogP contribution is 2.59. The van der Waals surface area contributed by atoms with Gasteiger partial charge in [0.2, 0.25) is 0 Å². The molecule has 8 unspecified atom stereocenters. The van der Waals surface area contributed by atoms with E-state index in [4.69, 9.17) is 19.0 Å². The van der Waals surface area contributed by atoms with Gasteiger partial charge in [-0.05, 0) is 215 Å². The topological polar surface area (TPSA) is 137 Å². The molecule has 2 N–H and O–H groups in total. The maximum Gasteiger partial charge on any atom is 0.314 e. The number of nitrogens with zero attached hydrogens (tertiary/aromatic N) is 7. The summed E-state index contributed by atoms with van der Waals surface area (Å²) in [4.78, 5) is 28.3. The number of fused-ring (bicyclic) bond motifs is 4. The number of hydrogen-bond donors (Lipinski definition) is 2. The summed E-state index contributed by atoms with van der Waals surface area (Å²) in [5.41, 5.74) is 9.35. The SMILES string of the molecule is C=C1CC2(CCN(C)CC2)OC1C.CCCc1cc(NCC(C)(C)N(CC)CC)nnc1-c1ccccc1.CN1CC[C@@]23C=C[C@H](O)C[C@@H]2Oc2c(OC(=O)C4CC5CC6CC5CC4C6)ccc(c23)C1.Cc1cccc(C#CCO/N=C/C2CN3CC[C@@H]2C3)c1. The average molecular weight is 1230 g/mol. The minimum Gasteiger partial charge on any atom is -0.485 e. The molecule has 7 heterocycles. The van der Waals surface area contributed by atoms with Crippen LogP contribution in [-0.4, -0.2) is 156 Å². The Bertz CT molecular complexity index is 3230. The summed E-state index contributed by atoms with van der Waals surface area (Å²) in [6.45, 7) is 30.5. The third-order valence-electron chi connectivity index (χ3n) is 22.1. The van der Waals surface area contributed by atoms with E-state index in [1.165, 1.54) is 99.0 Å². The zero-order chi connectivity index (χ0) is 63.2. The second kappa shape index (κ2) is 28.9. The molecule has 7 fully saturated rings. The Hall–Kier alpha value is -5.92. The molecule has 14 heteroatoms. The Morgan fingerprint density at radius 2 is 1.67 bits per heavy atom. The lowest BCUT2D eigenvalue weighted by atomic mass is 9.66. The predicted octanol–water partition coefficient (Wildman–Crippen LogP) is 12.6. The number of aromatic nitrogens is 2. The Balaban J connectivity index is 0.000000129. The highest BCUT2D eigenvalue weighted by atomic mass is 16.6. The number of carbonyl (C=O) groups is 1. The Kier molecular flexibility index (Phi) is 21.1. The number of likely N-dealkylation sites (tertiary alicyclic amines) is 1. The Morgan fingerprint density at radius 1 is 0.900 bits per heavy atom. The third kappa shape index (κ3) is 15.1. The lowest BCUT2D eigenvalue weighted by molar-refractivity contribution is -0.143. The number of hydrogen-bond acceptors (Lipinski definition) is 14. The van der Waals surface area contributed by atoms with Crippen LogP contribution in [-0.2, 0) is 32.7 Å². The van der Waals surface area contributed by atoms with Gasteiger partial charge in [-0.2, -0.15) is 0 Å². The highest BCUT2D eigenvalue weighted by molar-refractivity contribution is 5.77. The molecular weight excluding hydrogens is 1120 g/mol. The van der Waals surface area contributed by atoms with E-state index in [9.17, 15) is 9.90 Å². The van der Waals surface area contributed by atoms with Gasteiger partial charge in [-0.3, -0.25) is 9.69 Å². The van der Waals surface area contributed by atoms with E-state index in [2.05, 4.69) is 164 Å². The first kappa shape index (κ1) is 65.6. The number of benzene rings is 3. The lowest BCUT2D eigenvalue weighted by Gasteiger charge is -2.38. The van der Waals surface area contributed by atoms with Crippen molar-refractivity contribution >= 4 is 18.0 Å². The van der Waals surface area contributed by atoms with Gasteiger partial charge in [0.15, 0.2) is 18.1 Å². The Morgan fingerprint density at radius 3 is 2.38 bits per heavy atom. The smallest absolute Gasteiger partial charge is 0.314 e. The van der Waals surface area contributed by atoms with Gasteiger partial charge in [0.1, 0.15) is 11.9 Å². The molecule has 484 valence electrons. The molecule has 0 amide bonds. The van der Waals surface area contributed by atoms with Crippen molar-refractivity contribution in [2.24, 2.45) is 46.6 Å². The van der Waals surface area contributed by atoms with Crippen molar-refractivity contribution in [3.05, 3.63) is 125 Å². The first-order chi connectivity index (χ1) is 43.4. The van der Waals surface area contributed by atoms with Crippen LogP contribution >= 0.6 is 0 Å². The van der Waals surface area contributed by atoms with Gasteiger partial charge in [-0.15, -0.1) is 10.2 Å². The monoisotopic (exact) mass is 1220 g/mol. The number of aryl methyl sites for hydroxylation is 2. The molecule has 3 saturated carbocycles. The van der Waals surface area contributed by atoms with E-state index in [-0.39, 0.29) is 40.7 Å². The van der Waals surface area contributed by atoms with E-state index in [1.807, 2.05) is 48.7 Å². The number of piperidine rings is 2. The molecule has 4 aromatic rings. The number of carbonyl (C=O) groups excluding carboxylic acids is 1. The summed E-state index contributed by atoms with van der Waals surface area (Å²) < 4.78 is 18.7. The largest absolute Gasteiger partial charge is 0.485 e. The zero-order valence-electron chi connectivity index (χ0n) is 55.7. The summed E-state index contributed by atoms with van der Waals surface area (Å²) in [6.07, 6.45) is 20.3. The van der Waals surface area contributed by atoms with E-state index >= 15 is 0 Å². The van der Waals surface area contributed by atoms with Gasteiger partial charge in [-0.1, -0.05) is 111 Å². The van der Waals surface area contributed by atoms with Crippen molar-refractivity contribution in [1.82, 2.24) is 29.8 Å². The number of aliphatic hydroxyl groups excluding tert-OH is 1. The molecule has 1 aromatic heterocycles. The molecule has 5 bridgehead atoms. The number of esters is 1. The first-order valence-corrected chi connectivity index (χ1v) is 34.4. The maximum atomic E-state index is 13.4. The van der Waals surface area contributed by atoms with Crippen LogP contribution in [0.3, 0.4) is 0 Å². The van der Waals surface area contributed by atoms with Gasteiger partial charge in [-0.25, -0.2) is 0 Å². The van der Waals surface area contributed by atoms with Gasteiger partial charge in [0, 0.05) is 80.1 Å². The molecule has 14 nitrogen and oxygen atoms in total. The van der Waals surface area contributed by atoms with E-state index in [1.54, 1.807) is 0 Å². The van der Waals surface area contributed by atoms with Gasteiger partial charge in [0.25, 0.3) is 0 Å². The summed E-state index contributed by atoms with van der Waals surface area (Å²) in [5.74, 6) is 12.6. The van der Waals surface area contributed by atoms with Crippen molar-refractivity contribution in [2.45, 2.75) is 173 Å². The summed E-state index contributed by atoms with van der Waals surface area (Å²) in [6, 6.07) is 24.7. The number of ether oxygens (including phenoxy) is 3. The van der Waals surface area contributed by atoms with Crippen LogP contribution in [0.2, 0.25) is 0 Å². The van der Waals surface area contributed by atoms with Crippen LogP contribution < -0.4 is 14.8 Å². The molecule has 0 radical (unpaired) electrons. The van der Waals surface area contributed by atoms with Crippen LogP contribution in [0.1, 0.15) is 146 Å². The summed E-state index contributed by atoms with van der Waals surface area (Å²) in [5, 5.41) is 26.8. The fourth-order valence-electron chi connectivity index (χ4n) is 17.1. The normalized spacial score (nSPS) is 29.8. The van der Waals surface area contributed by atoms with E-state index in [0.717, 1.165) is 123 Å². The molecular formula is C76H104N8O6. The number of oxime groups is 1. The zero-order valence-corrected chi connectivity index (χ0v) is 55.7. The maximum absolute atomic E-state index is 13.4. The summed E-state index contributed by atoms with van der Waals surface area (Å²) in [7, 11) is 4.33. The van der Waals surface area contributed by atoms with Crippen LogP contribution in [0, 0.1) is 60.2 Å². The van der Waals surface area contributed by atoms with Crippen molar-refractivity contribution in [3.8, 4) is 34.6 Å². The number of likely N-dealkylation sites (N-methyl/N-ethyl adjacent to an activating group) is 1. The minimum absolute atomic E-state index is 0.0399. The van der Waals surface area contributed by atoms with E-state index in [0.29, 0.717) is 30.6 Å². The van der Waals surface area contributed by atoms with Crippen LogP contribution in [0.4, 0.5) is 5.82 Å². The van der Waals surface area contributed by atoms with Crippen molar-refractivity contribution in [2.75, 3.05) is 84.9 Å². The van der Waals surface area contributed by atoms with Crippen molar-refractivity contribution < 1.29 is 28.9 Å². The van der Waals surface area contributed by atoms with E-state index < -0.39 is 6.10 Å². The second-order valence-corrected chi connectivity index (χ2v) is 28.9. The molecule has 6 aliphatic heterocycles. The molecule has 2 spiro atoms. The quantitative estimate of drug-likeness (QED) is 0.0236. The van der Waals surface area contributed by atoms with Gasteiger partial charge in [0.05, 0.1) is 34.8 Å². The summed E-state index contributed by atoms with van der Waals surface area (Å²) >= 11 is 0. The molecule has 14 rings (SSSR count). The molecule has 4 aliphatic carbocycles. The first-order valence-electron chi connectivity index (χ1n) is 34.4. The van der Waals surface area contributed by atoms with Crippen LogP contribution in [0.5, 0.6) is 11.5 Å². The second-order valence-electron chi connectivity index (χ2n) is 28.9. The number of rotatable bonds is 14. The minimum atomic E-state index is -0.483. The van der Waals surface area contributed by atoms with Gasteiger partial charge < -0.3 is 44.2 Å². The molecule has 12 atom stereocenters. The van der Waals surface area contributed by atoms with Crippen LogP contribution in [0.15, 0.2) is 102 Å². The fourth-order valence-corrected chi connectivity index (χ4v) is 17.1. The average Bonchev–Trinajstić information content (AvgIpc) is 1.56. The molecule has 90 heavy (non-hydrogen) atoms. The number of nitrogens with one attached hydrogen (secondary N) is 1. The molecule has 4 saturated heterocycles. The van der Waals surface area contributed by atoms with Crippen LogP contribution in [0.25, 0.3) is 11.3 Å². The predicted molar refractivity (Wildman–Crippen MR) is 361 cm³/mol. The Labute approximate surface area is 538 Å². The van der Waals surface area contributed by atoms with Crippen molar-refractivity contribution in [1.29, 1.82) is 0 Å². The molecule has 3 aromatic carbocycles. The van der Waals surface area contributed by atoms with Gasteiger partial charge >= 0.3 is 5.97 Å². The highest BCUT2D eigenvalue weighted by Gasteiger charge is 2.54. The number of anilines is 1. The fraction of sp³-hybridized carbons (Fsp3) is 0.605. The van der Waals surface area contributed by atoms with Crippen molar-refractivity contribution in [3.63, 3.8) is 0 Å². The third-order valence-corrected chi connectivity index (χ3v) is 22.1. The molecule has 10 aliphatic rings. The number of aliphatic hydroxyl groups is 1. The lowest BCUT2D eigenvalue weighted by Crippen LogP contribution is -2.48.